The van der Waals surface area contributed by atoms with E-state index in [1.54, 1.807) is 0 Å². The minimum absolute atomic E-state index is 0.110. The number of rotatable bonds is 2. The highest BCUT2D eigenvalue weighted by molar-refractivity contribution is 5.57. The Labute approximate surface area is 204 Å². The number of pyridine rings is 1. The van der Waals surface area contributed by atoms with Gasteiger partial charge in [0.2, 0.25) is 0 Å². The van der Waals surface area contributed by atoms with Crippen molar-refractivity contribution in [2.24, 2.45) is 11.3 Å². The van der Waals surface area contributed by atoms with Crippen LogP contribution in [0.25, 0.3) is 6.08 Å². The number of allylic oxidation sites excluding steroid dienone is 4. The predicted octanol–water partition coefficient (Wildman–Crippen LogP) is 4.25. The molecule has 0 aromatic carbocycles. The molecule has 1 heterocycles. The molecular weight excluding hydrogens is 424 g/mol. The molecule has 184 valence electrons. The van der Waals surface area contributed by atoms with Crippen molar-refractivity contribution in [2.75, 3.05) is 14.1 Å². The lowest BCUT2D eigenvalue weighted by molar-refractivity contribution is 0.00858. The zero-order valence-electron chi connectivity index (χ0n) is 21.0. The van der Waals surface area contributed by atoms with E-state index in [0.717, 1.165) is 35.2 Å². The van der Waals surface area contributed by atoms with Crippen LogP contribution < -0.4 is 5.32 Å². The third-order valence-corrected chi connectivity index (χ3v) is 8.34. The summed E-state index contributed by atoms with van der Waals surface area (Å²) in [6.45, 7) is 4.31. The van der Waals surface area contributed by atoms with Crippen LogP contribution in [0.2, 0.25) is 0 Å². The van der Waals surface area contributed by atoms with Crippen LogP contribution in [0.4, 0.5) is 0 Å². The molecule has 5 nitrogen and oxygen atoms in total. The zero-order chi connectivity index (χ0) is 24.5. The lowest BCUT2D eigenvalue weighted by Crippen LogP contribution is -2.38. The Bertz CT molecular complexity index is 1040. The molecule has 0 aliphatic heterocycles. The summed E-state index contributed by atoms with van der Waals surface area (Å²) >= 11 is 0. The molecule has 5 atom stereocenters. The topological polar surface area (TPSA) is 85.6 Å². The van der Waals surface area contributed by atoms with Crippen molar-refractivity contribution >= 4 is 6.08 Å². The number of aliphatic hydroxyl groups is 3. The summed E-state index contributed by atoms with van der Waals surface area (Å²) in [6, 6.07) is 4.04. The first-order chi connectivity index (χ1) is 16.2. The van der Waals surface area contributed by atoms with Crippen LogP contribution in [0.5, 0.6) is 0 Å². The first-order valence-electron chi connectivity index (χ1n) is 12.6. The maximum Gasteiger partial charge on any atom is 0.0864 e. The summed E-state index contributed by atoms with van der Waals surface area (Å²) in [4.78, 5) is 4.38. The highest BCUT2D eigenvalue weighted by atomic mass is 16.3. The number of hydrogen-bond acceptors (Lipinski definition) is 5. The number of nitrogens with one attached hydrogen (secondary N) is 1. The number of aromatic nitrogens is 1. The average Bonchev–Trinajstić information content (AvgIpc) is 3.02. The molecule has 1 saturated carbocycles. The van der Waals surface area contributed by atoms with Crippen LogP contribution in [0.1, 0.15) is 63.1 Å². The second-order valence-corrected chi connectivity index (χ2v) is 10.7. The van der Waals surface area contributed by atoms with Crippen LogP contribution in [0.15, 0.2) is 58.9 Å². The van der Waals surface area contributed by atoms with Gasteiger partial charge in [-0.25, -0.2) is 0 Å². The quantitative estimate of drug-likeness (QED) is 0.526. The van der Waals surface area contributed by atoms with Crippen LogP contribution in [-0.2, 0) is 0 Å². The molecule has 0 amide bonds. The van der Waals surface area contributed by atoms with Gasteiger partial charge in [0.15, 0.2) is 0 Å². The number of nitrogens with zero attached hydrogens (tertiary/aromatic N) is 1. The van der Waals surface area contributed by atoms with Gasteiger partial charge in [-0.3, -0.25) is 4.98 Å². The van der Waals surface area contributed by atoms with Crippen LogP contribution in [-0.4, -0.2) is 52.2 Å². The van der Waals surface area contributed by atoms with Gasteiger partial charge in [0, 0.05) is 17.3 Å². The minimum Gasteiger partial charge on any atom is -0.393 e. The Morgan fingerprint density at radius 3 is 2.68 bits per heavy atom. The molecule has 5 rings (SSSR count). The second kappa shape index (κ2) is 9.90. The lowest BCUT2D eigenvalue weighted by Gasteiger charge is -2.43. The predicted molar refractivity (Wildman–Crippen MR) is 137 cm³/mol. The highest BCUT2D eigenvalue weighted by Crippen LogP contribution is 2.57. The van der Waals surface area contributed by atoms with E-state index < -0.39 is 11.7 Å². The summed E-state index contributed by atoms with van der Waals surface area (Å²) in [7, 11) is 3.75. The van der Waals surface area contributed by atoms with Gasteiger partial charge >= 0.3 is 0 Å². The maximum atomic E-state index is 11.3. The number of hydrogen-bond donors (Lipinski definition) is 4. The molecule has 5 heteroatoms. The molecule has 4 aliphatic carbocycles. The number of aliphatic hydroxyl groups excluding tert-OH is 2. The van der Waals surface area contributed by atoms with Crippen LogP contribution in [0, 0.1) is 18.3 Å². The molecule has 0 bridgehead atoms. The van der Waals surface area contributed by atoms with E-state index in [1.165, 1.54) is 11.1 Å². The van der Waals surface area contributed by atoms with Crippen LogP contribution in [0.3, 0.4) is 0 Å². The minimum atomic E-state index is -0.834. The highest BCUT2D eigenvalue weighted by Gasteiger charge is 2.50. The summed E-state index contributed by atoms with van der Waals surface area (Å²) in [5.41, 5.74) is 5.71. The first-order valence-corrected chi connectivity index (χ1v) is 12.6. The summed E-state index contributed by atoms with van der Waals surface area (Å²) in [5.74, 6) is 0.353. The summed E-state index contributed by atoms with van der Waals surface area (Å²) in [6.07, 6.45) is 14.5. The van der Waals surface area contributed by atoms with Crippen molar-refractivity contribution in [1.29, 1.82) is 0 Å². The van der Waals surface area contributed by atoms with Crippen LogP contribution >= 0.6 is 0 Å². The van der Waals surface area contributed by atoms with Crippen molar-refractivity contribution in [2.45, 2.75) is 76.6 Å². The standard InChI is InChI=1S/C27H33NO3.C2H7N/c1-17-18(4-3-13-28-17)5-6-19-7-8-24-22-10-12-27(31)11-9-21(29)14-20(27)15-23(22)25(30)16-26(19,24)2;1-3-2/h3-7,13,15,21,24-25,29-31H,8-12,14,16H2,1-2H3;3H,1-2H3/b6-5+;/t21?,24?,25?,26?,27-;/m0./s1. The molecule has 4 unspecified atom stereocenters. The fourth-order valence-electron chi connectivity index (χ4n) is 6.39. The Morgan fingerprint density at radius 1 is 1.18 bits per heavy atom. The van der Waals surface area contributed by atoms with E-state index in [9.17, 15) is 15.3 Å². The molecule has 0 spiro atoms. The normalized spacial score (nSPS) is 34.9. The molecule has 4 N–H and O–H groups in total. The van der Waals surface area contributed by atoms with Crippen molar-refractivity contribution in [1.82, 2.24) is 10.3 Å². The van der Waals surface area contributed by atoms with E-state index in [2.05, 4.69) is 41.5 Å². The molecular formula is C29H40N2O3. The number of aryl methyl sites for hydroxylation is 1. The molecule has 0 saturated heterocycles. The van der Waals surface area contributed by atoms with E-state index in [0.29, 0.717) is 38.0 Å². The lowest BCUT2D eigenvalue weighted by atomic mass is 9.62. The van der Waals surface area contributed by atoms with Gasteiger partial charge in [0.05, 0.1) is 17.8 Å². The van der Waals surface area contributed by atoms with E-state index in [-0.39, 0.29) is 11.5 Å². The average molecular weight is 465 g/mol. The second-order valence-electron chi connectivity index (χ2n) is 10.7. The van der Waals surface area contributed by atoms with Gasteiger partial charge in [-0.1, -0.05) is 42.9 Å². The van der Waals surface area contributed by atoms with Gasteiger partial charge < -0.3 is 20.6 Å². The largest absolute Gasteiger partial charge is 0.393 e. The summed E-state index contributed by atoms with van der Waals surface area (Å²) in [5, 5.41) is 35.4. The maximum absolute atomic E-state index is 11.3. The fourth-order valence-corrected chi connectivity index (χ4v) is 6.39. The molecule has 4 aliphatic rings. The van der Waals surface area contributed by atoms with Crippen molar-refractivity contribution in [3.05, 3.63) is 70.1 Å². The van der Waals surface area contributed by atoms with Gasteiger partial charge in [-0.2, -0.15) is 0 Å². The van der Waals surface area contributed by atoms with E-state index in [4.69, 9.17) is 0 Å². The van der Waals surface area contributed by atoms with Gasteiger partial charge in [0.25, 0.3) is 0 Å². The smallest absolute Gasteiger partial charge is 0.0864 e. The van der Waals surface area contributed by atoms with E-state index >= 15 is 0 Å². The summed E-state index contributed by atoms with van der Waals surface area (Å²) < 4.78 is 0. The third-order valence-electron chi connectivity index (χ3n) is 8.34. The Morgan fingerprint density at radius 2 is 1.94 bits per heavy atom. The SMILES string of the molecule is CNC.Cc1ncccc1/C=C/C1=CCC2C3=C(C=C4CC(O)CC[C@]4(O)CC3)C(O)CC12C. The third kappa shape index (κ3) is 4.59. The molecule has 1 aromatic rings. The van der Waals surface area contributed by atoms with Crippen molar-refractivity contribution < 1.29 is 15.3 Å². The molecule has 34 heavy (non-hydrogen) atoms. The molecule has 1 aromatic heterocycles. The first kappa shape index (κ1) is 25.1. The fraction of sp³-hybridized carbons (Fsp3) is 0.552. The number of fused-ring (bicyclic) bond motifs is 3. The Hall–Kier alpha value is -2.05. The zero-order valence-corrected chi connectivity index (χ0v) is 21.0. The van der Waals surface area contributed by atoms with Crippen molar-refractivity contribution in [3.8, 4) is 0 Å². The van der Waals surface area contributed by atoms with Gasteiger partial charge in [0.1, 0.15) is 0 Å². The molecule has 0 radical (unpaired) electrons. The van der Waals surface area contributed by atoms with Gasteiger partial charge in [-0.05, 0) is 100 Å². The monoisotopic (exact) mass is 464 g/mol. The van der Waals surface area contributed by atoms with Gasteiger partial charge in [-0.15, -0.1) is 0 Å². The Kier molecular flexibility index (Phi) is 7.30. The Balaban J connectivity index is 0.000000868. The van der Waals surface area contributed by atoms with E-state index in [1.807, 2.05) is 39.4 Å². The molecule has 1 fully saturated rings. The van der Waals surface area contributed by atoms with Crippen molar-refractivity contribution in [3.63, 3.8) is 0 Å².